The average Bonchev–Trinajstić information content (AvgIpc) is 2.35. The van der Waals surface area contributed by atoms with Crippen LogP contribution >= 0.6 is 0 Å². The lowest BCUT2D eigenvalue weighted by Gasteiger charge is -2.17. The van der Waals surface area contributed by atoms with Gasteiger partial charge in [0.05, 0.1) is 10.6 Å². The van der Waals surface area contributed by atoms with E-state index in [1.807, 2.05) is 6.07 Å². The number of benzene rings is 1. The Morgan fingerprint density at radius 2 is 1.85 bits per heavy atom. The van der Waals surface area contributed by atoms with E-state index in [0.29, 0.717) is 6.54 Å². The fourth-order valence-electron chi connectivity index (χ4n) is 1.61. The minimum atomic E-state index is -3.66. The SMILES string of the molecule is CNCc1cccc(S(=O)(=O)N(C)CCS(C)(=O)=O)c1. The van der Waals surface area contributed by atoms with E-state index < -0.39 is 19.9 Å². The second kappa shape index (κ2) is 6.66. The van der Waals surface area contributed by atoms with E-state index >= 15 is 0 Å². The summed E-state index contributed by atoms with van der Waals surface area (Å²) in [6, 6.07) is 6.59. The molecule has 1 aromatic carbocycles. The number of nitrogens with zero attached hydrogens (tertiary/aromatic N) is 1. The molecule has 6 nitrogen and oxygen atoms in total. The molecule has 0 saturated carbocycles. The normalized spacial score (nSPS) is 12.8. The number of rotatable bonds is 7. The van der Waals surface area contributed by atoms with Crippen LogP contribution in [0.15, 0.2) is 29.2 Å². The van der Waals surface area contributed by atoms with E-state index in [-0.39, 0.29) is 17.2 Å². The molecule has 1 N–H and O–H groups in total. The Morgan fingerprint density at radius 3 is 2.40 bits per heavy atom. The molecule has 20 heavy (non-hydrogen) atoms. The fourth-order valence-corrected chi connectivity index (χ4v) is 3.58. The van der Waals surface area contributed by atoms with Gasteiger partial charge >= 0.3 is 0 Å². The largest absolute Gasteiger partial charge is 0.316 e. The molecular weight excluding hydrogens is 300 g/mol. The van der Waals surface area contributed by atoms with Crippen molar-refractivity contribution in [1.82, 2.24) is 9.62 Å². The van der Waals surface area contributed by atoms with Crippen molar-refractivity contribution in [3.63, 3.8) is 0 Å². The van der Waals surface area contributed by atoms with Gasteiger partial charge in [-0.05, 0) is 24.7 Å². The molecule has 0 fully saturated rings. The first kappa shape index (κ1) is 17.1. The van der Waals surface area contributed by atoms with E-state index in [0.717, 1.165) is 16.1 Å². The van der Waals surface area contributed by atoms with Crippen molar-refractivity contribution in [1.29, 1.82) is 0 Å². The van der Waals surface area contributed by atoms with Gasteiger partial charge in [0.2, 0.25) is 10.0 Å². The molecule has 114 valence electrons. The molecule has 1 rings (SSSR count). The van der Waals surface area contributed by atoms with Crippen LogP contribution in [0.25, 0.3) is 0 Å². The third-order valence-corrected chi connectivity index (χ3v) is 5.54. The standard InChI is InChI=1S/C12H20N2O4S2/c1-13-10-11-5-4-6-12(9-11)20(17,18)14(2)7-8-19(3,15)16/h4-6,9,13H,7-8,10H2,1-3H3. The Hall–Kier alpha value is -0.960. The van der Waals surface area contributed by atoms with Crippen molar-refractivity contribution in [2.24, 2.45) is 0 Å². The summed E-state index contributed by atoms with van der Waals surface area (Å²) in [5.41, 5.74) is 0.852. The Bertz CT molecular complexity index is 654. The van der Waals surface area contributed by atoms with E-state index in [2.05, 4.69) is 5.32 Å². The average molecular weight is 320 g/mol. The van der Waals surface area contributed by atoms with Crippen LogP contribution in [0.2, 0.25) is 0 Å². The van der Waals surface area contributed by atoms with Crippen molar-refractivity contribution >= 4 is 19.9 Å². The van der Waals surface area contributed by atoms with Crippen LogP contribution in [0.3, 0.4) is 0 Å². The van der Waals surface area contributed by atoms with Crippen LogP contribution < -0.4 is 5.32 Å². The fraction of sp³-hybridized carbons (Fsp3) is 0.500. The highest BCUT2D eigenvalue weighted by Crippen LogP contribution is 2.16. The van der Waals surface area contributed by atoms with Gasteiger partial charge in [0.1, 0.15) is 9.84 Å². The number of hydrogen-bond acceptors (Lipinski definition) is 5. The molecular formula is C12H20N2O4S2. The van der Waals surface area contributed by atoms with Gasteiger partial charge in [-0.1, -0.05) is 12.1 Å². The zero-order valence-electron chi connectivity index (χ0n) is 11.8. The van der Waals surface area contributed by atoms with Crippen molar-refractivity contribution in [3.8, 4) is 0 Å². The van der Waals surface area contributed by atoms with Crippen molar-refractivity contribution < 1.29 is 16.8 Å². The third-order valence-electron chi connectivity index (χ3n) is 2.76. The summed E-state index contributed by atoms with van der Waals surface area (Å²) in [4.78, 5) is 0.168. The molecule has 0 radical (unpaired) electrons. The number of hydrogen-bond donors (Lipinski definition) is 1. The van der Waals surface area contributed by atoms with E-state index in [1.165, 1.54) is 13.1 Å². The summed E-state index contributed by atoms with van der Waals surface area (Å²) in [5.74, 6) is -0.195. The number of nitrogens with one attached hydrogen (secondary N) is 1. The zero-order valence-corrected chi connectivity index (χ0v) is 13.5. The predicted octanol–water partition coefficient (Wildman–Crippen LogP) is 0.0711. The van der Waals surface area contributed by atoms with E-state index in [9.17, 15) is 16.8 Å². The highest BCUT2D eigenvalue weighted by Gasteiger charge is 2.21. The minimum Gasteiger partial charge on any atom is -0.316 e. The number of sulfone groups is 1. The predicted molar refractivity (Wildman–Crippen MR) is 78.7 cm³/mol. The summed E-state index contributed by atoms with van der Waals surface area (Å²) >= 11 is 0. The first-order valence-corrected chi connectivity index (χ1v) is 9.54. The van der Waals surface area contributed by atoms with Crippen molar-refractivity contribution in [2.75, 3.05) is 32.6 Å². The third kappa shape index (κ3) is 4.86. The second-order valence-electron chi connectivity index (χ2n) is 4.63. The zero-order chi connectivity index (χ0) is 15.4. The minimum absolute atomic E-state index is 0.0581. The highest BCUT2D eigenvalue weighted by atomic mass is 32.2. The molecule has 1 aromatic rings. The van der Waals surface area contributed by atoms with Crippen LogP contribution in [0.4, 0.5) is 0 Å². The van der Waals surface area contributed by atoms with Gasteiger partial charge in [0.15, 0.2) is 0 Å². The van der Waals surface area contributed by atoms with Gasteiger partial charge in [-0.25, -0.2) is 16.8 Å². The lowest BCUT2D eigenvalue weighted by molar-refractivity contribution is 0.484. The maximum absolute atomic E-state index is 12.3. The lowest BCUT2D eigenvalue weighted by atomic mass is 10.2. The van der Waals surface area contributed by atoms with Gasteiger partial charge in [0.25, 0.3) is 0 Å². The monoisotopic (exact) mass is 320 g/mol. The lowest BCUT2D eigenvalue weighted by Crippen LogP contribution is -2.31. The maximum atomic E-state index is 12.3. The van der Waals surface area contributed by atoms with E-state index in [1.54, 1.807) is 19.2 Å². The molecule has 0 aliphatic heterocycles. The second-order valence-corrected chi connectivity index (χ2v) is 8.94. The molecule has 8 heteroatoms. The van der Waals surface area contributed by atoms with Crippen LogP contribution in [-0.2, 0) is 26.4 Å². The summed E-state index contributed by atoms with van der Waals surface area (Å²) < 4.78 is 47.9. The van der Waals surface area contributed by atoms with Crippen molar-refractivity contribution in [2.45, 2.75) is 11.4 Å². The smallest absolute Gasteiger partial charge is 0.242 e. The summed E-state index contributed by atoms with van der Waals surface area (Å²) in [6.45, 7) is 0.508. The van der Waals surface area contributed by atoms with Crippen LogP contribution in [0.1, 0.15) is 5.56 Å². The van der Waals surface area contributed by atoms with E-state index in [4.69, 9.17) is 0 Å². The van der Waals surface area contributed by atoms with Gasteiger partial charge in [-0.15, -0.1) is 0 Å². The van der Waals surface area contributed by atoms with Crippen molar-refractivity contribution in [3.05, 3.63) is 29.8 Å². The van der Waals surface area contributed by atoms with Gasteiger partial charge in [-0.3, -0.25) is 0 Å². The maximum Gasteiger partial charge on any atom is 0.242 e. The molecule has 0 aliphatic carbocycles. The molecule has 0 aliphatic rings. The summed E-state index contributed by atoms with van der Waals surface area (Å²) in [7, 11) is -3.70. The first-order chi connectivity index (χ1) is 9.16. The molecule has 0 saturated heterocycles. The first-order valence-electron chi connectivity index (χ1n) is 6.04. The Labute approximate surface area is 120 Å². The molecule has 0 amide bonds. The van der Waals surface area contributed by atoms with Crippen LogP contribution in [0, 0.1) is 0 Å². The number of sulfonamides is 1. The highest BCUT2D eigenvalue weighted by molar-refractivity contribution is 7.91. The van der Waals surface area contributed by atoms with Crippen LogP contribution in [-0.4, -0.2) is 53.8 Å². The molecule has 0 atom stereocenters. The Kier molecular flexibility index (Phi) is 5.69. The summed E-state index contributed by atoms with van der Waals surface area (Å²) in [5, 5.41) is 2.95. The Balaban J connectivity index is 2.95. The van der Waals surface area contributed by atoms with Crippen LogP contribution in [0.5, 0.6) is 0 Å². The summed E-state index contributed by atoms with van der Waals surface area (Å²) in [6.07, 6.45) is 1.08. The van der Waals surface area contributed by atoms with Gasteiger partial charge in [0, 0.05) is 26.4 Å². The molecule has 0 aromatic heterocycles. The quantitative estimate of drug-likeness (QED) is 0.769. The molecule has 0 unspecified atom stereocenters. The van der Waals surface area contributed by atoms with Gasteiger partial charge in [-0.2, -0.15) is 4.31 Å². The van der Waals surface area contributed by atoms with Gasteiger partial charge < -0.3 is 5.32 Å². The molecule has 0 heterocycles. The molecule has 0 spiro atoms. The molecule has 0 bridgehead atoms. The topological polar surface area (TPSA) is 83.6 Å². The Morgan fingerprint density at radius 1 is 1.20 bits per heavy atom.